The SMILES string of the molecule is Cc1cc(C)c(N=C2S/C(=C\c3cccn3-c3cccc(Br)c3)C(=O)N2C)c(C)c1. The van der Waals surface area contributed by atoms with Crippen LogP contribution in [0.2, 0.25) is 0 Å². The van der Waals surface area contributed by atoms with Gasteiger partial charge >= 0.3 is 0 Å². The molecule has 152 valence electrons. The first-order valence-electron chi connectivity index (χ1n) is 9.61. The van der Waals surface area contributed by atoms with Gasteiger partial charge in [-0.3, -0.25) is 9.69 Å². The quantitative estimate of drug-likeness (QED) is 0.407. The molecule has 3 aromatic rings. The summed E-state index contributed by atoms with van der Waals surface area (Å²) in [5.41, 5.74) is 6.35. The predicted octanol–water partition coefficient (Wildman–Crippen LogP) is 6.40. The molecule has 4 rings (SSSR count). The minimum Gasteiger partial charge on any atom is -0.317 e. The molecule has 0 radical (unpaired) electrons. The van der Waals surface area contributed by atoms with E-state index >= 15 is 0 Å². The zero-order valence-corrected chi connectivity index (χ0v) is 19.7. The van der Waals surface area contributed by atoms with Gasteiger partial charge in [0.2, 0.25) is 0 Å². The van der Waals surface area contributed by atoms with E-state index in [2.05, 4.69) is 53.4 Å². The van der Waals surface area contributed by atoms with E-state index in [-0.39, 0.29) is 5.91 Å². The molecule has 30 heavy (non-hydrogen) atoms. The van der Waals surface area contributed by atoms with Gasteiger partial charge in [-0.2, -0.15) is 0 Å². The lowest BCUT2D eigenvalue weighted by atomic mass is 10.1. The maximum atomic E-state index is 12.9. The number of rotatable bonds is 3. The number of hydrogen-bond acceptors (Lipinski definition) is 3. The fourth-order valence-corrected chi connectivity index (χ4v) is 4.95. The summed E-state index contributed by atoms with van der Waals surface area (Å²) in [6.07, 6.45) is 3.93. The molecule has 4 nitrogen and oxygen atoms in total. The smallest absolute Gasteiger partial charge is 0.266 e. The average molecular weight is 480 g/mol. The maximum absolute atomic E-state index is 12.9. The molecule has 1 saturated heterocycles. The molecular formula is C24H22BrN3OS. The Bertz CT molecular complexity index is 1190. The Morgan fingerprint density at radius 2 is 1.77 bits per heavy atom. The van der Waals surface area contributed by atoms with E-state index in [1.807, 2.05) is 48.7 Å². The number of benzene rings is 2. The number of likely N-dealkylation sites (N-methyl/N-ethyl adjacent to an activating group) is 1. The first-order valence-corrected chi connectivity index (χ1v) is 11.2. The van der Waals surface area contributed by atoms with Crippen LogP contribution in [0, 0.1) is 20.8 Å². The highest BCUT2D eigenvalue weighted by molar-refractivity contribution is 9.10. The summed E-state index contributed by atoms with van der Waals surface area (Å²) in [6, 6.07) is 16.3. The molecule has 6 heteroatoms. The van der Waals surface area contributed by atoms with E-state index in [0.29, 0.717) is 10.1 Å². The highest BCUT2D eigenvalue weighted by atomic mass is 79.9. The van der Waals surface area contributed by atoms with E-state index in [9.17, 15) is 4.79 Å². The van der Waals surface area contributed by atoms with Gasteiger partial charge in [0.25, 0.3) is 5.91 Å². The third kappa shape index (κ3) is 4.02. The van der Waals surface area contributed by atoms with E-state index in [0.717, 1.165) is 32.7 Å². The van der Waals surface area contributed by atoms with Gasteiger partial charge in [0.15, 0.2) is 5.17 Å². The van der Waals surface area contributed by atoms with Crippen molar-refractivity contribution in [2.75, 3.05) is 7.05 Å². The second kappa shape index (κ2) is 8.28. The Morgan fingerprint density at radius 1 is 1.03 bits per heavy atom. The largest absolute Gasteiger partial charge is 0.317 e. The lowest BCUT2D eigenvalue weighted by Crippen LogP contribution is -2.23. The fourth-order valence-electron chi connectivity index (χ4n) is 3.60. The van der Waals surface area contributed by atoms with Crippen LogP contribution in [0.4, 0.5) is 5.69 Å². The van der Waals surface area contributed by atoms with Crippen LogP contribution in [0.3, 0.4) is 0 Å². The van der Waals surface area contributed by atoms with Crippen molar-refractivity contribution in [2.45, 2.75) is 20.8 Å². The molecule has 1 aromatic heterocycles. The lowest BCUT2D eigenvalue weighted by Gasteiger charge is -2.11. The van der Waals surface area contributed by atoms with Crippen molar-refractivity contribution >= 4 is 50.5 Å². The lowest BCUT2D eigenvalue weighted by molar-refractivity contribution is -0.121. The van der Waals surface area contributed by atoms with Crippen LogP contribution in [0.5, 0.6) is 0 Å². The normalized spacial score (nSPS) is 16.8. The van der Waals surface area contributed by atoms with Gasteiger partial charge in [-0.25, -0.2) is 4.99 Å². The van der Waals surface area contributed by atoms with Crippen LogP contribution in [0.25, 0.3) is 11.8 Å². The highest BCUT2D eigenvalue weighted by Crippen LogP contribution is 2.35. The second-order valence-electron chi connectivity index (χ2n) is 7.40. The van der Waals surface area contributed by atoms with Gasteiger partial charge in [-0.1, -0.05) is 39.7 Å². The molecule has 1 amide bonds. The Hall–Kier alpha value is -2.57. The van der Waals surface area contributed by atoms with Crippen molar-refractivity contribution < 1.29 is 4.79 Å². The monoisotopic (exact) mass is 479 g/mol. The maximum Gasteiger partial charge on any atom is 0.266 e. The summed E-state index contributed by atoms with van der Waals surface area (Å²) in [5.74, 6) is -0.0387. The Labute approximate surface area is 189 Å². The average Bonchev–Trinajstić information content (AvgIpc) is 3.25. The molecule has 2 aromatic carbocycles. The van der Waals surface area contributed by atoms with Crippen LogP contribution >= 0.6 is 27.7 Å². The molecule has 0 saturated carbocycles. The van der Waals surface area contributed by atoms with Gasteiger partial charge in [0.05, 0.1) is 10.6 Å². The summed E-state index contributed by atoms with van der Waals surface area (Å²) < 4.78 is 3.08. The standard InChI is InChI=1S/C24H22BrN3OS/c1-15-11-16(2)22(17(3)12-15)26-24-27(4)23(29)21(30-24)14-20-9-6-10-28(20)19-8-5-7-18(25)13-19/h5-14H,1-4H3/b21-14-,26-24?. The Morgan fingerprint density at radius 3 is 2.47 bits per heavy atom. The minimum absolute atomic E-state index is 0.0387. The van der Waals surface area contributed by atoms with Crippen molar-refractivity contribution in [3.63, 3.8) is 0 Å². The van der Waals surface area contributed by atoms with E-state index in [4.69, 9.17) is 4.99 Å². The highest BCUT2D eigenvalue weighted by Gasteiger charge is 2.31. The molecular weight excluding hydrogens is 458 g/mol. The van der Waals surface area contributed by atoms with Crippen molar-refractivity contribution in [3.8, 4) is 5.69 Å². The van der Waals surface area contributed by atoms with Crippen LogP contribution in [0.1, 0.15) is 22.4 Å². The van der Waals surface area contributed by atoms with Crippen LogP contribution in [-0.2, 0) is 4.79 Å². The van der Waals surface area contributed by atoms with Gasteiger partial charge in [0, 0.05) is 29.1 Å². The van der Waals surface area contributed by atoms with Crippen molar-refractivity contribution in [2.24, 2.45) is 4.99 Å². The molecule has 2 heterocycles. The number of carbonyl (C=O) groups excluding carboxylic acids is 1. The number of carbonyl (C=O) groups is 1. The predicted molar refractivity (Wildman–Crippen MR) is 130 cm³/mol. The van der Waals surface area contributed by atoms with Crippen molar-refractivity contribution in [3.05, 3.63) is 86.5 Å². The molecule has 0 bridgehead atoms. The first kappa shape index (κ1) is 20.7. The molecule has 0 unspecified atom stereocenters. The summed E-state index contributed by atoms with van der Waals surface area (Å²) in [6.45, 7) is 6.20. The first-order chi connectivity index (χ1) is 14.3. The van der Waals surface area contributed by atoms with Crippen LogP contribution in [-0.4, -0.2) is 27.6 Å². The molecule has 0 aliphatic carbocycles. The molecule has 0 atom stereocenters. The van der Waals surface area contributed by atoms with Gasteiger partial charge < -0.3 is 4.57 Å². The van der Waals surface area contributed by atoms with Crippen LogP contribution < -0.4 is 0 Å². The zero-order valence-electron chi connectivity index (χ0n) is 17.3. The Balaban J connectivity index is 1.69. The van der Waals surface area contributed by atoms with Gasteiger partial charge in [0.1, 0.15) is 0 Å². The number of hydrogen-bond donors (Lipinski definition) is 0. The second-order valence-corrected chi connectivity index (χ2v) is 9.32. The molecule has 0 spiro atoms. The van der Waals surface area contributed by atoms with Crippen molar-refractivity contribution in [1.82, 2.24) is 9.47 Å². The topological polar surface area (TPSA) is 37.6 Å². The van der Waals surface area contributed by atoms with Crippen LogP contribution in [0.15, 0.2) is 69.1 Å². The summed E-state index contributed by atoms with van der Waals surface area (Å²) in [4.78, 5) is 20.0. The van der Waals surface area contributed by atoms with E-state index in [1.54, 1.807) is 11.9 Å². The van der Waals surface area contributed by atoms with Gasteiger partial charge in [-0.15, -0.1) is 0 Å². The van der Waals surface area contributed by atoms with E-state index < -0.39 is 0 Å². The van der Waals surface area contributed by atoms with Crippen molar-refractivity contribution in [1.29, 1.82) is 0 Å². The number of aromatic nitrogens is 1. The minimum atomic E-state index is -0.0387. The van der Waals surface area contributed by atoms with E-state index in [1.165, 1.54) is 17.3 Å². The number of nitrogens with zero attached hydrogens (tertiary/aromatic N) is 3. The number of halogens is 1. The number of aliphatic imine (C=N–C) groups is 1. The zero-order chi connectivity index (χ0) is 21.4. The molecule has 1 aliphatic heterocycles. The third-order valence-electron chi connectivity index (χ3n) is 4.99. The molecule has 1 fully saturated rings. The van der Waals surface area contributed by atoms with Gasteiger partial charge in [-0.05, 0) is 80.1 Å². The summed E-state index contributed by atoms with van der Waals surface area (Å²) >= 11 is 4.94. The Kier molecular flexibility index (Phi) is 5.71. The number of amidine groups is 1. The molecule has 0 N–H and O–H groups in total. The summed E-state index contributed by atoms with van der Waals surface area (Å²) in [5, 5.41) is 0.696. The fraction of sp³-hybridized carbons (Fsp3) is 0.167. The summed E-state index contributed by atoms with van der Waals surface area (Å²) in [7, 11) is 1.78. The number of aryl methyl sites for hydroxylation is 3. The number of thioether (sulfide) groups is 1. The molecule has 1 aliphatic rings. The third-order valence-corrected chi connectivity index (χ3v) is 6.55. The number of amides is 1.